The molecule has 1 aliphatic rings. The average Bonchev–Trinajstić information content (AvgIpc) is 3.18. The summed E-state index contributed by atoms with van der Waals surface area (Å²) >= 11 is 0. The van der Waals surface area contributed by atoms with E-state index in [-0.39, 0.29) is 18.0 Å². The fourth-order valence-electron chi connectivity index (χ4n) is 5.50. The van der Waals surface area contributed by atoms with Crippen molar-refractivity contribution in [2.75, 3.05) is 13.6 Å². The lowest BCUT2D eigenvalue weighted by molar-refractivity contribution is -0.127. The number of carbonyl (C=O) groups excluding carboxylic acids is 1. The molecule has 0 unspecified atom stereocenters. The molecule has 5 nitrogen and oxygen atoms in total. The van der Waals surface area contributed by atoms with E-state index in [1.54, 1.807) is 7.05 Å². The van der Waals surface area contributed by atoms with Crippen molar-refractivity contribution in [3.05, 3.63) is 87.7 Å². The number of fused-ring (bicyclic) bond motifs is 1. The third-order valence-corrected chi connectivity index (χ3v) is 7.38. The topological polar surface area (TPSA) is 50.2 Å². The minimum Gasteiger partial charge on any atom is -0.358 e. The summed E-state index contributed by atoms with van der Waals surface area (Å²) in [5, 5.41) is 7.80. The highest BCUT2D eigenvalue weighted by Gasteiger charge is 2.38. The highest BCUT2D eigenvalue weighted by atomic mass is 16.2. The first-order valence-corrected chi connectivity index (χ1v) is 12.6. The Morgan fingerprint density at radius 1 is 1.12 bits per heavy atom. The molecule has 0 spiro atoms. The minimum atomic E-state index is -0.310. The van der Waals surface area contributed by atoms with Crippen molar-refractivity contribution >= 4 is 5.91 Å². The van der Waals surface area contributed by atoms with Gasteiger partial charge < -0.3 is 5.32 Å². The van der Waals surface area contributed by atoms with E-state index in [9.17, 15) is 4.79 Å². The van der Waals surface area contributed by atoms with E-state index < -0.39 is 0 Å². The predicted molar refractivity (Wildman–Crippen MR) is 138 cm³/mol. The van der Waals surface area contributed by atoms with Crippen molar-refractivity contribution in [1.82, 2.24) is 20.0 Å². The molecule has 2 atom stereocenters. The third-order valence-electron chi connectivity index (χ3n) is 7.38. The second kappa shape index (κ2) is 10.6. The molecule has 5 heteroatoms. The van der Waals surface area contributed by atoms with E-state index in [0.717, 1.165) is 50.0 Å². The van der Waals surface area contributed by atoms with Crippen LogP contribution in [0.5, 0.6) is 0 Å². The van der Waals surface area contributed by atoms with Crippen molar-refractivity contribution in [3.63, 3.8) is 0 Å². The highest BCUT2D eigenvalue weighted by Crippen LogP contribution is 2.40. The Bertz CT molecular complexity index is 1130. The lowest BCUT2D eigenvalue weighted by atomic mass is 9.88. The van der Waals surface area contributed by atoms with E-state index >= 15 is 0 Å². The Kier molecular flexibility index (Phi) is 7.52. The van der Waals surface area contributed by atoms with Gasteiger partial charge in [0.25, 0.3) is 0 Å². The molecule has 180 valence electrons. The number of aryl methyl sites for hydroxylation is 5. The van der Waals surface area contributed by atoms with Gasteiger partial charge in [0.05, 0.1) is 5.69 Å². The first-order valence-electron chi connectivity index (χ1n) is 12.6. The number of hydrogen-bond acceptors (Lipinski definition) is 3. The number of likely N-dealkylation sites (N-methyl/N-ethyl adjacent to an activating group) is 1. The molecule has 2 heterocycles. The monoisotopic (exact) mass is 458 g/mol. The number of carbonyl (C=O) groups is 1. The van der Waals surface area contributed by atoms with Crippen LogP contribution in [0.15, 0.2) is 48.5 Å². The molecule has 1 aromatic heterocycles. The van der Waals surface area contributed by atoms with Crippen LogP contribution in [0.2, 0.25) is 0 Å². The largest absolute Gasteiger partial charge is 0.358 e. The fraction of sp³-hybridized carbons (Fsp3) is 0.448. The number of nitrogens with zero attached hydrogens (tertiary/aromatic N) is 3. The zero-order valence-electron chi connectivity index (χ0n) is 21.3. The second-order valence-electron chi connectivity index (χ2n) is 9.50. The normalized spacial score (nSPS) is 16.8. The molecule has 1 N–H and O–H groups in total. The standard InChI is InChI=1S/C29H38N4O/c1-6-33-26-17-18-32(28(29(34)30-5)24-12-8-7-9-13-24)25(27(26)22(4)31-33)14-10-11-23-16-15-20(2)21(3)19-23/h7-9,12-13,15-16,19,25,28H,6,10-11,14,17-18H2,1-5H3,(H,30,34)/t25-,28+/m0/s1. The number of hydrogen-bond donors (Lipinski definition) is 1. The zero-order valence-corrected chi connectivity index (χ0v) is 21.3. The van der Waals surface area contributed by atoms with Crippen molar-refractivity contribution in [1.29, 1.82) is 0 Å². The predicted octanol–water partition coefficient (Wildman–Crippen LogP) is 5.24. The molecule has 34 heavy (non-hydrogen) atoms. The fourth-order valence-corrected chi connectivity index (χ4v) is 5.50. The highest BCUT2D eigenvalue weighted by molar-refractivity contribution is 5.83. The maximum absolute atomic E-state index is 13.2. The molecule has 1 aliphatic heterocycles. The molecule has 3 aromatic rings. The Balaban J connectivity index is 1.67. The van der Waals surface area contributed by atoms with Crippen molar-refractivity contribution in [3.8, 4) is 0 Å². The van der Waals surface area contributed by atoms with Crippen LogP contribution >= 0.6 is 0 Å². The summed E-state index contributed by atoms with van der Waals surface area (Å²) in [5.74, 6) is 0.0503. The van der Waals surface area contributed by atoms with Crippen LogP contribution in [0.25, 0.3) is 0 Å². The molecule has 4 rings (SSSR count). The van der Waals surface area contributed by atoms with Crippen molar-refractivity contribution in [2.45, 2.75) is 72.0 Å². The van der Waals surface area contributed by atoms with Crippen LogP contribution in [-0.2, 0) is 24.2 Å². The third kappa shape index (κ3) is 4.80. The molecule has 0 fully saturated rings. The molecular weight excluding hydrogens is 420 g/mol. The Morgan fingerprint density at radius 3 is 2.56 bits per heavy atom. The van der Waals surface area contributed by atoms with E-state index in [4.69, 9.17) is 5.10 Å². The summed E-state index contributed by atoms with van der Waals surface area (Å²) in [6, 6.07) is 16.9. The lowest BCUT2D eigenvalue weighted by Gasteiger charge is -2.41. The molecule has 0 saturated heterocycles. The summed E-state index contributed by atoms with van der Waals surface area (Å²) in [7, 11) is 1.74. The van der Waals surface area contributed by atoms with E-state index in [1.807, 2.05) is 18.2 Å². The van der Waals surface area contributed by atoms with Gasteiger partial charge >= 0.3 is 0 Å². The van der Waals surface area contributed by atoms with Gasteiger partial charge in [-0.1, -0.05) is 48.5 Å². The SMILES string of the molecule is CCn1nc(C)c2c1CCN([C@@H](C(=O)NC)c1ccccc1)[C@H]2CCCc1ccc(C)c(C)c1. The van der Waals surface area contributed by atoms with Gasteiger partial charge in [0.2, 0.25) is 5.91 Å². The molecular formula is C29H38N4O. The summed E-state index contributed by atoms with van der Waals surface area (Å²) in [4.78, 5) is 15.6. The molecule has 0 saturated carbocycles. The van der Waals surface area contributed by atoms with Crippen LogP contribution in [0.4, 0.5) is 0 Å². The van der Waals surface area contributed by atoms with Crippen molar-refractivity contribution in [2.24, 2.45) is 0 Å². The Labute approximate surface area is 204 Å². The smallest absolute Gasteiger partial charge is 0.241 e. The number of benzene rings is 2. The number of rotatable bonds is 8. The first-order chi connectivity index (χ1) is 16.4. The first kappa shape index (κ1) is 24.2. The number of aromatic nitrogens is 2. The molecule has 0 aliphatic carbocycles. The zero-order chi connectivity index (χ0) is 24.2. The van der Waals surface area contributed by atoms with E-state index in [1.165, 1.54) is 27.9 Å². The van der Waals surface area contributed by atoms with Gasteiger partial charge in [-0.05, 0) is 69.2 Å². The molecule has 0 bridgehead atoms. The number of nitrogens with one attached hydrogen (secondary N) is 1. The number of amides is 1. The Morgan fingerprint density at radius 2 is 1.88 bits per heavy atom. The summed E-state index contributed by atoms with van der Waals surface area (Å²) in [5.41, 5.74) is 8.90. The Hall–Kier alpha value is -2.92. The summed E-state index contributed by atoms with van der Waals surface area (Å²) < 4.78 is 2.16. The quantitative estimate of drug-likeness (QED) is 0.502. The molecule has 0 radical (unpaired) electrons. The summed E-state index contributed by atoms with van der Waals surface area (Å²) in [6.07, 6.45) is 4.02. The second-order valence-corrected chi connectivity index (χ2v) is 9.50. The van der Waals surface area contributed by atoms with Gasteiger partial charge in [0, 0.05) is 43.9 Å². The van der Waals surface area contributed by atoms with Crippen LogP contribution < -0.4 is 5.32 Å². The van der Waals surface area contributed by atoms with Gasteiger partial charge in [-0.3, -0.25) is 14.4 Å². The van der Waals surface area contributed by atoms with E-state index in [2.05, 4.69) is 72.9 Å². The van der Waals surface area contributed by atoms with Crippen LogP contribution in [0, 0.1) is 20.8 Å². The van der Waals surface area contributed by atoms with Crippen LogP contribution in [0.1, 0.15) is 71.1 Å². The van der Waals surface area contributed by atoms with Gasteiger partial charge in [0.1, 0.15) is 6.04 Å². The average molecular weight is 459 g/mol. The van der Waals surface area contributed by atoms with Gasteiger partial charge in [-0.2, -0.15) is 5.10 Å². The minimum absolute atomic E-state index is 0.0503. The van der Waals surface area contributed by atoms with Crippen LogP contribution in [-0.4, -0.2) is 34.2 Å². The van der Waals surface area contributed by atoms with Crippen molar-refractivity contribution < 1.29 is 4.79 Å². The van der Waals surface area contributed by atoms with E-state index in [0.29, 0.717) is 0 Å². The van der Waals surface area contributed by atoms with Crippen LogP contribution in [0.3, 0.4) is 0 Å². The van der Waals surface area contributed by atoms with Gasteiger partial charge in [-0.15, -0.1) is 0 Å². The lowest BCUT2D eigenvalue weighted by Crippen LogP contribution is -2.45. The molecule has 2 aromatic carbocycles. The summed E-state index contributed by atoms with van der Waals surface area (Å²) in [6.45, 7) is 10.4. The maximum atomic E-state index is 13.2. The van der Waals surface area contributed by atoms with Gasteiger partial charge in [0.15, 0.2) is 0 Å². The molecule has 1 amide bonds. The maximum Gasteiger partial charge on any atom is 0.241 e. The van der Waals surface area contributed by atoms with Gasteiger partial charge in [-0.25, -0.2) is 0 Å².